The van der Waals surface area contributed by atoms with Gasteiger partial charge in [0.2, 0.25) is 5.91 Å². The Morgan fingerprint density at radius 2 is 2.12 bits per heavy atom. The third-order valence-corrected chi connectivity index (χ3v) is 5.36. The molecule has 0 radical (unpaired) electrons. The Kier molecular flexibility index (Phi) is 3.87. The van der Waals surface area contributed by atoms with Crippen LogP contribution in [-0.4, -0.2) is 41.1 Å². The van der Waals surface area contributed by atoms with Crippen LogP contribution in [0.4, 0.5) is 8.78 Å². The monoisotopic (exact) mass is 345 g/mol. The van der Waals surface area contributed by atoms with E-state index < -0.39 is 11.6 Å². The number of aromatic nitrogens is 1. The quantitative estimate of drug-likeness (QED) is 0.929. The lowest BCUT2D eigenvalue weighted by atomic mass is 9.86. The summed E-state index contributed by atoms with van der Waals surface area (Å²) in [5, 5.41) is 3.71. The number of nitrogens with one attached hydrogen (secondary N) is 1. The minimum Gasteiger partial charge on any atom is -0.345 e. The molecule has 1 aromatic carbocycles. The minimum absolute atomic E-state index is 0.00807. The van der Waals surface area contributed by atoms with Gasteiger partial charge in [0.15, 0.2) is 11.6 Å². The van der Waals surface area contributed by atoms with Crippen LogP contribution in [-0.2, 0) is 11.3 Å². The molecular weight excluding hydrogens is 324 g/mol. The number of fused-ring (bicyclic) bond motifs is 2. The average molecular weight is 345 g/mol. The first-order valence-electron chi connectivity index (χ1n) is 8.76. The highest BCUT2D eigenvalue weighted by Crippen LogP contribution is 2.38. The number of carbonyl (C=O) groups is 1. The second kappa shape index (κ2) is 5.95. The summed E-state index contributed by atoms with van der Waals surface area (Å²) < 4.78 is 30.1. The van der Waals surface area contributed by atoms with E-state index in [9.17, 15) is 13.6 Å². The van der Waals surface area contributed by atoms with Crippen molar-refractivity contribution in [3.05, 3.63) is 41.6 Å². The van der Waals surface area contributed by atoms with Gasteiger partial charge in [-0.05, 0) is 31.6 Å². The van der Waals surface area contributed by atoms with E-state index >= 15 is 0 Å². The van der Waals surface area contributed by atoms with Crippen LogP contribution in [0.3, 0.4) is 0 Å². The van der Waals surface area contributed by atoms with Gasteiger partial charge in [0.25, 0.3) is 0 Å². The fourth-order valence-corrected chi connectivity index (χ4v) is 4.05. The fraction of sp³-hybridized carbons (Fsp3) is 0.421. The molecule has 0 spiro atoms. The number of carbonyl (C=O) groups excluding carboxylic acids is 1. The van der Waals surface area contributed by atoms with Crippen molar-refractivity contribution in [1.82, 2.24) is 14.8 Å². The molecule has 0 fully saturated rings. The van der Waals surface area contributed by atoms with Crippen LogP contribution in [0.1, 0.15) is 19.4 Å². The maximum absolute atomic E-state index is 14.1. The number of hydrogen-bond donors (Lipinski definition) is 1. The number of rotatable bonds is 3. The SMILES string of the molecule is CCN(CC)C(=O)C1C=C2c3cc(F)c(F)c4ccn(c34)CC2NC1. The Bertz CT molecular complexity index is 882. The summed E-state index contributed by atoms with van der Waals surface area (Å²) in [6.07, 6.45) is 3.74. The highest BCUT2D eigenvalue weighted by Gasteiger charge is 2.34. The molecule has 4 rings (SSSR count). The Labute approximate surface area is 145 Å². The second-order valence-electron chi connectivity index (χ2n) is 6.65. The first-order valence-corrected chi connectivity index (χ1v) is 8.76. The lowest BCUT2D eigenvalue weighted by Gasteiger charge is -2.35. The van der Waals surface area contributed by atoms with Crippen molar-refractivity contribution in [3.63, 3.8) is 0 Å². The molecule has 2 aliphatic heterocycles. The molecule has 2 aromatic rings. The van der Waals surface area contributed by atoms with Gasteiger partial charge >= 0.3 is 0 Å². The highest BCUT2D eigenvalue weighted by molar-refractivity contribution is 5.96. The van der Waals surface area contributed by atoms with Gasteiger partial charge in [-0.2, -0.15) is 0 Å². The fourth-order valence-electron chi connectivity index (χ4n) is 4.05. The van der Waals surface area contributed by atoms with Crippen LogP contribution in [0.15, 0.2) is 24.4 Å². The molecule has 2 aliphatic rings. The molecule has 0 aliphatic carbocycles. The van der Waals surface area contributed by atoms with Crippen molar-refractivity contribution < 1.29 is 13.6 Å². The normalized spacial score (nSPS) is 21.8. The first kappa shape index (κ1) is 16.3. The Morgan fingerprint density at radius 3 is 2.84 bits per heavy atom. The van der Waals surface area contributed by atoms with Crippen LogP contribution < -0.4 is 5.32 Å². The lowest BCUT2D eigenvalue weighted by molar-refractivity contribution is -0.133. The Morgan fingerprint density at radius 1 is 1.36 bits per heavy atom. The van der Waals surface area contributed by atoms with Gasteiger partial charge in [0.1, 0.15) is 0 Å². The van der Waals surface area contributed by atoms with Gasteiger partial charge in [0, 0.05) is 43.3 Å². The maximum atomic E-state index is 14.1. The first-order chi connectivity index (χ1) is 12.0. The van der Waals surface area contributed by atoms with E-state index in [0.717, 1.165) is 5.57 Å². The van der Waals surface area contributed by atoms with Crippen LogP contribution in [0.2, 0.25) is 0 Å². The zero-order valence-electron chi connectivity index (χ0n) is 14.4. The molecule has 0 saturated carbocycles. The van der Waals surface area contributed by atoms with Crippen molar-refractivity contribution in [2.45, 2.75) is 26.4 Å². The Hall–Kier alpha value is -2.21. The van der Waals surface area contributed by atoms with Crippen molar-refractivity contribution >= 4 is 22.4 Å². The van der Waals surface area contributed by atoms with Crippen LogP contribution in [0, 0.1) is 17.6 Å². The van der Waals surface area contributed by atoms with Crippen molar-refractivity contribution in [3.8, 4) is 0 Å². The van der Waals surface area contributed by atoms with E-state index in [4.69, 9.17) is 0 Å². The molecular formula is C19H21F2N3O. The topological polar surface area (TPSA) is 37.3 Å². The number of halogens is 2. The third-order valence-electron chi connectivity index (χ3n) is 5.36. The number of nitrogens with zero attached hydrogens (tertiary/aromatic N) is 2. The van der Waals surface area contributed by atoms with Gasteiger partial charge in [-0.1, -0.05) is 6.08 Å². The molecule has 132 valence electrons. The predicted molar refractivity (Wildman–Crippen MR) is 93.0 cm³/mol. The molecule has 1 N–H and O–H groups in total. The second-order valence-corrected chi connectivity index (χ2v) is 6.65. The molecule has 0 bridgehead atoms. The summed E-state index contributed by atoms with van der Waals surface area (Å²) in [5.74, 6) is -1.87. The van der Waals surface area contributed by atoms with E-state index in [0.29, 0.717) is 42.6 Å². The molecule has 2 atom stereocenters. The third kappa shape index (κ3) is 2.39. The molecule has 3 heterocycles. The predicted octanol–water partition coefficient (Wildman–Crippen LogP) is 2.77. The molecule has 25 heavy (non-hydrogen) atoms. The van der Waals surface area contributed by atoms with E-state index in [-0.39, 0.29) is 17.9 Å². The highest BCUT2D eigenvalue weighted by atomic mass is 19.2. The van der Waals surface area contributed by atoms with Gasteiger partial charge in [-0.25, -0.2) is 8.78 Å². The molecule has 1 aromatic heterocycles. The van der Waals surface area contributed by atoms with Crippen molar-refractivity contribution in [1.29, 1.82) is 0 Å². The lowest BCUT2D eigenvalue weighted by Crippen LogP contribution is -2.47. The van der Waals surface area contributed by atoms with Crippen LogP contribution >= 0.6 is 0 Å². The zero-order valence-corrected chi connectivity index (χ0v) is 14.4. The van der Waals surface area contributed by atoms with Crippen molar-refractivity contribution in [2.24, 2.45) is 5.92 Å². The molecule has 1 amide bonds. The summed E-state index contributed by atoms with van der Waals surface area (Å²) in [7, 11) is 0. The van der Waals surface area contributed by atoms with Crippen LogP contribution in [0.25, 0.3) is 16.5 Å². The van der Waals surface area contributed by atoms with E-state index in [1.165, 1.54) is 6.07 Å². The van der Waals surface area contributed by atoms with E-state index in [1.54, 1.807) is 17.2 Å². The van der Waals surface area contributed by atoms with E-state index in [1.807, 2.05) is 24.5 Å². The summed E-state index contributed by atoms with van der Waals surface area (Å²) in [6, 6.07) is 2.89. The largest absolute Gasteiger partial charge is 0.345 e. The molecule has 0 saturated heterocycles. The zero-order chi connectivity index (χ0) is 17.7. The van der Waals surface area contributed by atoms with Gasteiger partial charge in [0.05, 0.1) is 17.5 Å². The standard InChI is InChI=1S/C19H21F2N3O/c1-3-23(4-2)19(25)11-7-13-14-8-15(20)17(21)12-5-6-24(18(12)14)10-16(13)22-9-11/h5-8,11,16,22H,3-4,9-10H2,1-2H3. The van der Waals surface area contributed by atoms with Crippen LogP contribution in [0.5, 0.6) is 0 Å². The molecule has 6 heteroatoms. The number of benzene rings is 1. The average Bonchev–Trinajstić information content (AvgIpc) is 3.04. The van der Waals surface area contributed by atoms with Gasteiger partial charge in [-0.3, -0.25) is 4.79 Å². The summed E-state index contributed by atoms with van der Waals surface area (Å²) in [6.45, 7) is 6.46. The summed E-state index contributed by atoms with van der Waals surface area (Å²) >= 11 is 0. The maximum Gasteiger partial charge on any atom is 0.230 e. The Balaban J connectivity index is 1.82. The van der Waals surface area contributed by atoms with E-state index in [2.05, 4.69) is 5.32 Å². The number of amides is 1. The van der Waals surface area contributed by atoms with Gasteiger partial charge in [-0.15, -0.1) is 0 Å². The minimum atomic E-state index is -0.848. The summed E-state index contributed by atoms with van der Waals surface area (Å²) in [5.41, 5.74) is 2.28. The number of hydrogen-bond acceptors (Lipinski definition) is 2. The smallest absolute Gasteiger partial charge is 0.230 e. The molecule has 4 nitrogen and oxygen atoms in total. The van der Waals surface area contributed by atoms with Gasteiger partial charge < -0.3 is 14.8 Å². The summed E-state index contributed by atoms with van der Waals surface area (Å²) in [4.78, 5) is 14.5. The molecule has 2 unspecified atom stereocenters. The van der Waals surface area contributed by atoms with Crippen molar-refractivity contribution in [2.75, 3.05) is 19.6 Å².